The first kappa shape index (κ1) is 10.7. The number of halogens is 2. The van der Waals surface area contributed by atoms with Gasteiger partial charge in [-0.2, -0.15) is 0 Å². The fourth-order valence-electron chi connectivity index (χ4n) is 1.02. The second-order valence-electron chi connectivity index (χ2n) is 2.46. The predicted molar refractivity (Wildman–Crippen MR) is 55.2 cm³/mol. The largest absolute Gasteiger partial charge is 0.327 e. The quantitative estimate of drug-likeness (QED) is 0.703. The normalized spacial score (nSPS) is 9.79. The maximum atomic E-state index is 11.2. The first-order chi connectivity index (χ1) is 6.16. The molecule has 0 aromatic carbocycles. The van der Waals surface area contributed by atoms with E-state index in [4.69, 9.17) is 11.6 Å². The van der Waals surface area contributed by atoms with Crippen molar-refractivity contribution in [1.82, 2.24) is 15.0 Å². The van der Waals surface area contributed by atoms with Gasteiger partial charge in [-0.3, -0.25) is 14.8 Å². The number of H-pyrrole nitrogens is 2. The lowest BCUT2D eigenvalue weighted by Gasteiger charge is -1.94. The number of hydrogen-bond acceptors (Lipinski definition) is 3. The summed E-state index contributed by atoms with van der Waals surface area (Å²) in [6, 6.07) is 1.44. The van der Waals surface area contributed by atoms with Crippen LogP contribution in [0.15, 0.2) is 21.9 Å². The number of pyridine rings is 1. The van der Waals surface area contributed by atoms with Crippen LogP contribution in [0.4, 0.5) is 0 Å². The standard InChI is InChI=1S/C7H4ClN3O2.ClH/c8-3-1-4-5(9-2-3)10-7(13)11-6(4)12;/h1-2H,(H2,9,10,11,12,13);1H. The zero-order valence-electron chi connectivity index (χ0n) is 6.70. The molecule has 74 valence electrons. The lowest BCUT2D eigenvalue weighted by Crippen LogP contribution is -2.22. The number of fused-ring (bicyclic) bond motifs is 1. The summed E-state index contributed by atoms with van der Waals surface area (Å²) in [5, 5.41) is 0.622. The molecule has 0 saturated carbocycles. The number of nitrogens with zero attached hydrogens (tertiary/aromatic N) is 1. The number of nitrogens with one attached hydrogen (secondary N) is 2. The molecule has 2 rings (SSSR count). The van der Waals surface area contributed by atoms with Crippen molar-refractivity contribution in [3.05, 3.63) is 38.1 Å². The summed E-state index contributed by atoms with van der Waals surface area (Å²) in [7, 11) is 0. The third-order valence-electron chi connectivity index (χ3n) is 1.56. The van der Waals surface area contributed by atoms with Gasteiger partial charge < -0.3 is 0 Å². The van der Waals surface area contributed by atoms with E-state index < -0.39 is 11.2 Å². The number of hydrogen-bond donors (Lipinski definition) is 2. The van der Waals surface area contributed by atoms with Crippen LogP contribution >= 0.6 is 24.0 Å². The van der Waals surface area contributed by atoms with Crippen LogP contribution < -0.4 is 11.2 Å². The number of rotatable bonds is 0. The van der Waals surface area contributed by atoms with Crippen molar-refractivity contribution >= 4 is 35.0 Å². The second kappa shape index (κ2) is 3.81. The van der Waals surface area contributed by atoms with E-state index in [1.807, 2.05) is 0 Å². The van der Waals surface area contributed by atoms with Gasteiger partial charge in [-0.1, -0.05) is 11.6 Å². The molecule has 0 aliphatic heterocycles. The highest BCUT2D eigenvalue weighted by Crippen LogP contribution is 2.09. The van der Waals surface area contributed by atoms with E-state index in [2.05, 4.69) is 15.0 Å². The summed E-state index contributed by atoms with van der Waals surface area (Å²) < 4.78 is 0. The van der Waals surface area contributed by atoms with E-state index in [0.29, 0.717) is 5.02 Å². The van der Waals surface area contributed by atoms with Gasteiger partial charge in [0, 0.05) is 6.20 Å². The zero-order chi connectivity index (χ0) is 9.42. The van der Waals surface area contributed by atoms with Crippen molar-refractivity contribution in [3.63, 3.8) is 0 Å². The third kappa shape index (κ3) is 1.78. The van der Waals surface area contributed by atoms with Crippen molar-refractivity contribution in [2.75, 3.05) is 0 Å². The van der Waals surface area contributed by atoms with Crippen LogP contribution in [-0.2, 0) is 0 Å². The molecular formula is C7H5Cl2N3O2. The molecule has 0 atom stereocenters. The smallest absolute Gasteiger partial charge is 0.291 e. The first-order valence-electron chi connectivity index (χ1n) is 3.45. The molecule has 2 aromatic rings. The van der Waals surface area contributed by atoms with Gasteiger partial charge in [0.05, 0.1) is 10.4 Å². The molecule has 5 nitrogen and oxygen atoms in total. The van der Waals surface area contributed by atoms with Crippen molar-refractivity contribution in [1.29, 1.82) is 0 Å². The summed E-state index contributed by atoms with van der Waals surface area (Å²) in [5.41, 5.74) is -0.834. The Morgan fingerprint density at radius 3 is 2.71 bits per heavy atom. The maximum absolute atomic E-state index is 11.2. The Morgan fingerprint density at radius 2 is 2.00 bits per heavy atom. The van der Waals surface area contributed by atoms with E-state index in [1.54, 1.807) is 0 Å². The van der Waals surface area contributed by atoms with Gasteiger partial charge in [0.25, 0.3) is 5.56 Å². The lowest BCUT2D eigenvalue weighted by molar-refractivity contribution is 1.06. The number of aromatic amines is 2. The van der Waals surface area contributed by atoms with E-state index in [9.17, 15) is 9.59 Å². The zero-order valence-corrected chi connectivity index (χ0v) is 8.28. The molecule has 0 spiro atoms. The molecule has 7 heteroatoms. The van der Waals surface area contributed by atoms with E-state index in [-0.39, 0.29) is 23.4 Å². The fraction of sp³-hybridized carbons (Fsp3) is 0. The summed E-state index contributed by atoms with van der Waals surface area (Å²) >= 11 is 5.62. The highest BCUT2D eigenvalue weighted by atomic mass is 35.5. The van der Waals surface area contributed by atoms with Gasteiger partial charge in [0.1, 0.15) is 5.65 Å². The van der Waals surface area contributed by atoms with Gasteiger partial charge in [0.15, 0.2) is 0 Å². The Bertz CT molecular complexity index is 575. The molecular weight excluding hydrogens is 229 g/mol. The van der Waals surface area contributed by atoms with E-state index in [1.165, 1.54) is 12.3 Å². The topological polar surface area (TPSA) is 78.6 Å². The summed E-state index contributed by atoms with van der Waals surface area (Å²) in [5.74, 6) is 0. The monoisotopic (exact) mass is 233 g/mol. The highest BCUT2D eigenvalue weighted by Gasteiger charge is 2.01. The molecule has 0 radical (unpaired) electrons. The van der Waals surface area contributed by atoms with Crippen molar-refractivity contribution in [3.8, 4) is 0 Å². The van der Waals surface area contributed by atoms with Gasteiger partial charge in [-0.25, -0.2) is 9.78 Å². The highest BCUT2D eigenvalue weighted by molar-refractivity contribution is 6.31. The first-order valence-corrected chi connectivity index (χ1v) is 3.82. The van der Waals surface area contributed by atoms with Gasteiger partial charge >= 0.3 is 5.69 Å². The molecule has 0 amide bonds. The van der Waals surface area contributed by atoms with Crippen LogP contribution in [0.3, 0.4) is 0 Å². The summed E-state index contributed by atoms with van der Waals surface area (Å²) in [4.78, 5) is 30.2. The molecule has 0 unspecified atom stereocenters. The Morgan fingerprint density at radius 1 is 1.29 bits per heavy atom. The minimum Gasteiger partial charge on any atom is -0.291 e. The summed E-state index contributed by atoms with van der Waals surface area (Å²) in [6.07, 6.45) is 1.36. The van der Waals surface area contributed by atoms with Crippen LogP contribution in [0, 0.1) is 0 Å². The number of aromatic nitrogens is 3. The molecule has 0 aliphatic rings. The molecule has 2 aromatic heterocycles. The van der Waals surface area contributed by atoms with Gasteiger partial charge in [-0.15, -0.1) is 12.4 Å². The summed E-state index contributed by atoms with van der Waals surface area (Å²) in [6.45, 7) is 0. The molecule has 0 aliphatic carbocycles. The Hall–Kier alpha value is -1.33. The third-order valence-corrected chi connectivity index (χ3v) is 1.76. The Labute approximate surface area is 88.6 Å². The molecule has 2 N–H and O–H groups in total. The van der Waals surface area contributed by atoms with Crippen LogP contribution in [-0.4, -0.2) is 15.0 Å². The van der Waals surface area contributed by atoms with Crippen LogP contribution in [0.1, 0.15) is 0 Å². The average Bonchev–Trinajstić information content (AvgIpc) is 2.06. The SMILES string of the molecule is Cl.O=c1[nH]c(=O)c2cc(Cl)cnc2[nH]1. The van der Waals surface area contributed by atoms with Crippen molar-refractivity contribution < 1.29 is 0 Å². The molecule has 0 bridgehead atoms. The molecule has 14 heavy (non-hydrogen) atoms. The Balaban J connectivity index is 0.000000980. The molecule has 0 saturated heterocycles. The second-order valence-corrected chi connectivity index (χ2v) is 2.89. The lowest BCUT2D eigenvalue weighted by atomic mass is 10.3. The Kier molecular flexibility index (Phi) is 2.93. The van der Waals surface area contributed by atoms with Crippen molar-refractivity contribution in [2.24, 2.45) is 0 Å². The fourth-order valence-corrected chi connectivity index (χ4v) is 1.18. The average molecular weight is 234 g/mol. The molecule has 0 fully saturated rings. The van der Waals surface area contributed by atoms with Crippen LogP contribution in [0.2, 0.25) is 5.02 Å². The van der Waals surface area contributed by atoms with Crippen LogP contribution in [0.25, 0.3) is 11.0 Å². The van der Waals surface area contributed by atoms with Crippen LogP contribution in [0.5, 0.6) is 0 Å². The predicted octanol–water partition coefficient (Wildman–Crippen LogP) is 0.687. The molecule has 2 heterocycles. The van der Waals surface area contributed by atoms with E-state index in [0.717, 1.165) is 0 Å². The minimum absolute atomic E-state index is 0. The minimum atomic E-state index is -0.577. The van der Waals surface area contributed by atoms with Gasteiger partial charge in [-0.05, 0) is 6.07 Å². The van der Waals surface area contributed by atoms with Crippen molar-refractivity contribution in [2.45, 2.75) is 0 Å². The van der Waals surface area contributed by atoms with E-state index >= 15 is 0 Å². The maximum Gasteiger partial charge on any atom is 0.327 e. The van der Waals surface area contributed by atoms with Gasteiger partial charge in [0.2, 0.25) is 0 Å².